The second-order valence-electron chi connectivity index (χ2n) is 6.02. The fraction of sp³-hybridized carbons (Fsp3) is 0.263. The molecular weight excluding hydrogens is 274 g/mol. The second-order valence-corrected chi connectivity index (χ2v) is 6.02. The third-order valence-corrected chi connectivity index (χ3v) is 4.50. The molecule has 22 heavy (non-hydrogen) atoms. The van der Waals surface area contributed by atoms with Crippen molar-refractivity contribution in [3.05, 3.63) is 71.5 Å². The Hall–Kier alpha value is -2.10. The van der Waals surface area contributed by atoms with Crippen LogP contribution in [0.4, 0.5) is 0 Å². The largest absolute Gasteiger partial charge is 0.459 e. The van der Waals surface area contributed by atoms with Crippen molar-refractivity contribution in [2.75, 3.05) is 0 Å². The lowest BCUT2D eigenvalue weighted by molar-refractivity contribution is 0.134. The summed E-state index contributed by atoms with van der Waals surface area (Å²) in [4.78, 5) is 0. The Morgan fingerprint density at radius 1 is 1.14 bits per heavy atom. The number of benzene rings is 2. The van der Waals surface area contributed by atoms with Crippen molar-refractivity contribution in [1.82, 2.24) is 5.32 Å². The van der Waals surface area contributed by atoms with Crippen LogP contribution in [-0.2, 0) is 6.42 Å². The Morgan fingerprint density at radius 2 is 1.91 bits per heavy atom. The SMILES string of the molecule is CC(NC1c2ccccc2CC1O)c1cc2ccccc2o1. The Labute approximate surface area is 129 Å². The Balaban J connectivity index is 1.60. The predicted octanol–water partition coefficient (Wildman–Crippen LogP) is 3.74. The van der Waals surface area contributed by atoms with Crippen molar-refractivity contribution in [2.24, 2.45) is 0 Å². The van der Waals surface area contributed by atoms with Crippen LogP contribution in [0.5, 0.6) is 0 Å². The summed E-state index contributed by atoms with van der Waals surface area (Å²) in [7, 11) is 0. The summed E-state index contributed by atoms with van der Waals surface area (Å²) in [6.07, 6.45) is 0.324. The summed E-state index contributed by atoms with van der Waals surface area (Å²) in [6, 6.07) is 18.3. The van der Waals surface area contributed by atoms with E-state index >= 15 is 0 Å². The molecule has 0 radical (unpaired) electrons. The van der Waals surface area contributed by atoms with Crippen LogP contribution in [0.1, 0.15) is 35.9 Å². The number of para-hydroxylation sites is 1. The Kier molecular flexibility index (Phi) is 3.25. The number of aliphatic hydroxyl groups is 1. The molecule has 3 unspecified atom stereocenters. The number of furan rings is 1. The fourth-order valence-corrected chi connectivity index (χ4v) is 3.34. The monoisotopic (exact) mass is 293 g/mol. The first-order valence-electron chi connectivity index (χ1n) is 7.73. The molecule has 3 nitrogen and oxygen atoms in total. The smallest absolute Gasteiger partial charge is 0.134 e. The van der Waals surface area contributed by atoms with Gasteiger partial charge < -0.3 is 9.52 Å². The predicted molar refractivity (Wildman–Crippen MR) is 86.7 cm³/mol. The van der Waals surface area contributed by atoms with Gasteiger partial charge in [0.1, 0.15) is 11.3 Å². The average molecular weight is 293 g/mol. The number of fused-ring (bicyclic) bond motifs is 2. The van der Waals surface area contributed by atoms with Gasteiger partial charge >= 0.3 is 0 Å². The molecule has 4 rings (SSSR count). The Morgan fingerprint density at radius 3 is 2.77 bits per heavy atom. The van der Waals surface area contributed by atoms with E-state index in [0.717, 1.165) is 16.7 Å². The van der Waals surface area contributed by atoms with Crippen LogP contribution in [0, 0.1) is 0 Å². The van der Waals surface area contributed by atoms with Crippen molar-refractivity contribution < 1.29 is 9.52 Å². The van der Waals surface area contributed by atoms with Crippen molar-refractivity contribution in [1.29, 1.82) is 0 Å². The van der Waals surface area contributed by atoms with Crippen LogP contribution >= 0.6 is 0 Å². The van der Waals surface area contributed by atoms with E-state index in [-0.39, 0.29) is 18.2 Å². The number of hydrogen-bond donors (Lipinski definition) is 2. The summed E-state index contributed by atoms with van der Waals surface area (Å²) in [5.74, 6) is 0.901. The third kappa shape index (κ3) is 2.23. The standard InChI is InChI=1S/C19H19NO2/c1-12(18-11-14-7-3-5-9-17(14)22-18)20-19-15-8-4-2-6-13(15)10-16(19)21/h2-9,11-12,16,19-21H,10H2,1H3. The number of hydrogen-bond acceptors (Lipinski definition) is 3. The van der Waals surface area contributed by atoms with Gasteiger partial charge in [0, 0.05) is 11.8 Å². The van der Waals surface area contributed by atoms with E-state index in [4.69, 9.17) is 4.42 Å². The molecule has 0 spiro atoms. The van der Waals surface area contributed by atoms with Crippen molar-refractivity contribution in [3.8, 4) is 0 Å². The molecule has 3 aromatic rings. The van der Waals surface area contributed by atoms with Crippen molar-refractivity contribution in [3.63, 3.8) is 0 Å². The first-order valence-corrected chi connectivity index (χ1v) is 7.73. The fourth-order valence-electron chi connectivity index (χ4n) is 3.34. The zero-order valence-corrected chi connectivity index (χ0v) is 12.5. The summed E-state index contributed by atoms with van der Waals surface area (Å²) in [5, 5.41) is 15.0. The molecule has 3 atom stereocenters. The minimum absolute atomic E-state index is 0.0400. The molecule has 0 saturated heterocycles. The highest BCUT2D eigenvalue weighted by Crippen LogP contribution is 2.34. The van der Waals surface area contributed by atoms with Gasteiger partial charge in [0.15, 0.2) is 0 Å². The number of rotatable bonds is 3. The van der Waals surface area contributed by atoms with Gasteiger partial charge in [-0.1, -0.05) is 42.5 Å². The molecule has 1 aliphatic rings. The van der Waals surface area contributed by atoms with E-state index in [0.29, 0.717) is 6.42 Å². The van der Waals surface area contributed by atoms with Gasteiger partial charge in [-0.05, 0) is 30.2 Å². The van der Waals surface area contributed by atoms with Crippen LogP contribution in [0.2, 0.25) is 0 Å². The van der Waals surface area contributed by atoms with Gasteiger partial charge in [0.2, 0.25) is 0 Å². The lowest BCUT2D eigenvalue weighted by atomic mass is 10.1. The molecule has 0 fully saturated rings. The Bertz CT molecular complexity index is 775. The van der Waals surface area contributed by atoms with Gasteiger partial charge in [-0.2, -0.15) is 0 Å². The molecule has 0 aliphatic heterocycles. The third-order valence-electron chi connectivity index (χ3n) is 4.50. The molecule has 0 saturated carbocycles. The molecule has 0 amide bonds. The molecule has 1 heterocycles. The first-order chi connectivity index (χ1) is 10.7. The minimum Gasteiger partial charge on any atom is -0.459 e. The van der Waals surface area contributed by atoms with Gasteiger partial charge in [0.25, 0.3) is 0 Å². The topological polar surface area (TPSA) is 45.4 Å². The first kappa shape index (κ1) is 13.6. The average Bonchev–Trinajstić information content (AvgIpc) is 3.09. The maximum absolute atomic E-state index is 10.4. The molecule has 2 aromatic carbocycles. The molecule has 112 valence electrons. The van der Waals surface area contributed by atoms with E-state index in [1.165, 1.54) is 11.1 Å². The highest BCUT2D eigenvalue weighted by Gasteiger charge is 2.32. The highest BCUT2D eigenvalue weighted by molar-refractivity contribution is 5.77. The van der Waals surface area contributed by atoms with E-state index in [1.807, 2.05) is 30.3 Å². The summed E-state index contributed by atoms with van der Waals surface area (Å²) in [5.41, 5.74) is 3.32. The van der Waals surface area contributed by atoms with Crippen LogP contribution in [0.25, 0.3) is 11.0 Å². The maximum Gasteiger partial charge on any atom is 0.134 e. The van der Waals surface area contributed by atoms with E-state index in [2.05, 4.69) is 36.5 Å². The van der Waals surface area contributed by atoms with Crippen LogP contribution in [0.15, 0.2) is 59.0 Å². The van der Waals surface area contributed by atoms with Gasteiger partial charge in [-0.25, -0.2) is 0 Å². The molecule has 3 heteroatoms. The summed E-state index contributed by atoms with van der Waals surface area (Å²) in [6.45, 7) is 2.07. The van der Waals surface area contributed by atoms with Crippen LogP contribution in [0.3, 0.4) is 0 Å². The molecule has 1 aliphatic carbocycles. The van der Waals surface area contributed by atoms with E-state index in [1.54, 1.807) is 0 Å². The van der Waals surface area contributed by atoms with E-state index in [9.17, 15) is 5.11 Å². The quantitative estimate of drug-likeness (QED) is 0.773. The number of aliphatic hydroxyl groups excluding tert-OH is 1. The maximum atomic E-state index is 10.4. The zero-order valence-electron chi connectivity index (χ0n) is 12.5. The van der Waals surface area contributed by atoms with Crippen molar-refractivity contribution >= 4 is 11.0 Å². The van der Waals surface area contributed by atoms with Gasteiger partial charge in [-0.3, -0.25) is 5.32 Å². The molecule has 0 bridgehead atoms. The van der Waals surface area contributed by atoms with Gasteiger partial charge in [-0.15, -0.1) is 0 Å². The normalized spacial score (nSPS) is 21.9. The van der Waals surface area contributed by atoms with E-state index < -0.39 is 0 Å². The highest BCUT2D eigenvalue weighted by atomic mass is 16.3. The lowest BCUT2D eigenvalue weighted by Gasteiger charge is -2.21. The summed E-state index contributed by atoms with van der Waals surface area (Å²) >= 11 is 0. The minimum atomic E-state index is -0.385. The molecule has 1 aromatic heterocycles. The molecule has 2 N–H and O–H groups in total. The molecular formula is C19H19NO2. The second kappa shape index (κ2) is 5.27. The van der Waals surface area contributed by atoms with Gasteiger partial charge in [0.05, 0.1) is 18.2 Å². The van der Waals surface area contributed by atoms with Crippen LogP contribution in [-0.4, -0.2) is 11.2 Å². The van der Waals surface area contributed by atoms with Crippen molar-refractivity contribution in [2.45, 2.75) is 31.5 Å². The number of nitrogens with one attached hydrogen (secondary N) is 1. The zero-order chi connectivity index (χ0) is 15.1. The van der Waals surface area contributed by atoms with Crippen LogP contribution < -0.4 is 5.32 Å². The lowest BCUT2D eigenvalue weighted by Crippen LogP contribution is -2.30. The summed E-state index contributed by atoms with van der Waals surface area (Å²) < 4.78 is 5.92.